The van der Waals surface area contributed by atoms with Crippen LogP contribution < -0.4 is 10.7 Å². The van der Waals surface area contributed by atoms with E-state index in [-0.39, 0.29) is 10.2 Å². The fraction of sp³-hybridized carbons (Fsp3) is 0.429. The molecular formula is C14H18N2O2S2. The van der Waals surface area contributed by atoms with Gasteiger partial charge in [-0.15, -0.1) is 0 Å². The molecule has 0 N–H and O–H groups in total. The third-order valence-electron chi connectivity index (χ3n) is 2.44. The molecule has 3 heterocycles. The lowest BCUT2D eigenvalue weighted by molar-refractivity contribution is 0.107. The Morgan fingerprint density at radius 1 is 0.700 bits per heavy atom. The fourth-order valence-corrected chi connectivity index (χ4v) is 3.19. The van der Waals surface area contributed by atoms with E-state index in [4.69, 9.17) is 0 Å². The van der Waals surface area contributed by atoms with Crippen molar-refractivity contribution in [3.63, 3.8) is 0 Å². The van der Waals surface area contributed by atoms with Gasteiger partial charge in [-0.2, -0.15) is 0 Å². The van der Waals surface area contributed by atoms with Gasteiger partial charge in [-0.3, -0.25) is 9.59 Å². The molecule has 0 radical (unpaired) electrons. The molecule has 1 aromatic heterocycles. The van der Waals surface area contributed by atoms with Gasteiger partial charge in [-0.05, 0) is 37.4 Å². The van der Waals surface area contributed by atoms with Crippen molar-refractivity contribution in [1.29, 1.82) is 0 Å². The molecule has 0 fully saturated rings. The Labute approximate surface area is 127 Å². The zero-order chi connectivity index (χ0) is 15.4. The number of fused-ring (bicyclic) bond motifs is 2. The van der Waals surface area contributed by atoms with Crippen LogP contribution >= 0.6 is 23.5 Å². The van der Waals surface area contributed by atoms with Crippen molar-refractivity contribution in [3.8, 4) is 0 Å². The van der Waals surface area contributed by atoms with Crippen LogP contribution in [0.2, 0.25) is 0 Å². The van der Waals surface area contributed by atoms with Crippen LogP contribution in [0.5, 0.6) is 0 Å². The van der Waals surface area contributed by atoms with Crippen LogP contribution in [0.15, 0.2) is 0 Å². The van der Waals surface area contributed by atoms with Crippen molar-refractivity contribution in [2.45, 2.75) is 41.5 Å². The summed E-state index contributed by atoms with van der Waals surface area (Å²) in [5.74, 6) is 0. The van der Waals surface area contributed by atoms with Gasteiger partial charge in [0.25, 0.3) is 0 Å². The van der Waals surface area contributed by atoms with E-state index in [0.29, 0.717) is 22.1 Å². The summed E-state index contributed by atoms with van der Waals surface area (Å²) >= 11 is 2.26. The average Bonchev–Trinajstić information content (AvgIpc) is 2.91. The van der Waals surface area contributed by atoms with E-state index in [1.165, 1.54) is 0 Å². The third-order valence-corrected chi connectivity index (χ3v) is 4.20. The molecule has 6 heteroatoms. The molecule has 3 rings (SSSR count). The summed E-state index contributed by atoms with van der Waals surface area (Å²) in [5.41, 5.74) is 0.770. The van der Waals surface area contributed by atoms with Crippen LogP contribution in [0.3, 0.4) is 0 Å². The predicted octanol–water partition coefficient (Wildman–Crippen LogP) is 2.56. The van der Waals surface area contributed by atoms with Crippen LogP contribution in [0.1, 0.15) is 62.5 Å². The molecule has 108 valence electrons. The standard InChI is InChI=1S/C10H6N2O2S2.2C2H6/c1-3-5-7(9(13)15-3)12-6-4(2)16-10(14)8(6)11-5;2*1-2/h1-2H3;2*1-2H3. The lowest BCUT2D eigenvalue weighted by atomic mass is 10.3. The molecule has 0 unspecified atom stereocenters. The monoisotopic (exact) mass is 310 g/mol. The molecule has 1 aromatic rings. The Kier molecular flexibility index (Phi) is 5.95. The highest BCUT2D eigenvalue weighted by Gasteiger charge is 2.28. The van der Waals surface area contributed by atoms with Gasteiger partial charge in [-0.25, -0.2) is 9.97 Å². The van der Waals surface area contributed by atoms with Gasteiger partial charge in [0.05, 0.1) is 0 Å². The van der Waals surface area contributed by atoms with Crippen molar-refractivity contribution in [2.75, 3.05) is 0 Å². The van der Waals surface area contributed by atoms with E-state index in [2.05, 4.69) is 9.97 Å². The Bertz CT molecular complexity index is 621. The minimum atomic E-state index is -0.0834. The first kappa shape index (κ1) is 16.9. The van der Waals surface area contributed by atoms with Gasteiger partial charge in [0, 0.05) is 9.81 Å². The lowest BCUT2D eigenvalue weighted by Gasteiger charge is -1.93. The third kappa shape index (κ3) is 2.81. The van der Waals surface area contributed by atoms with Crippen molar-refractivity contribution >= 4 is 43.6 Å². The molecule has 4 nitrogen and oxygen atoms in total. The molecule has 0 aliphatic carbocycles. The molecule has 2 aliphatic heterocycles. The second-order valence-corrected chi connectivity index (χ2v) is 5.88. The predicted molar refractivity (Wildman–Crippen MR) is 86.0 cm³/mol. The number of carbonyl (C=O) groups excluding carboxylic acids is 2. The van der Waals surface area contributed by atoms with Crippen LogP contribution in [-0.2, 0) is 0 Å². The number of nitrogens with zero attached hydrogens (tertiary/aromatic N) is 2. The summed E-state index contributed by atoms with van der Waals surface area (Å²) in [7, 11) is 0. The highest BCUT2D eigenvalue weighted by molar-refractivity contribution is 8.22. The molecule has 0 spiro atoms. The van der Waals surface area contributed by atoms with Gasteiger partial charge in [0.2, 0.25) is 10.2 Å². The number of thioether (sulfide) groups is 2. The first-order valence-electron chi connectivity index (χ1n) is 6.62. The Morgan fingerprint density at radius 3 is 1.30 bits per heavy atom. The summed E-state index contributed by atoms with van der Waals surface area (Å²) in [6, 6.07) is 0. The second kappa shape index (κ2) is 7.04. The number of rotatable bonds is 0. The molecule has 0 saturated carbocycles. The largest absolute Gasteiger partial charge is 0.279 e. The highest BCUT2D eigenvalue weighted by atomic mass is 32.2. The summed E-state index contributed by atoms with van der Waals surface area (Å²) in [6.07, 6.45) is 0. The topological polar surface area (TPSA) is 59.9 Å². The first-order valence-corrected chi connectivity index (χ1v) is 8.25. The van der Waals surface area contributed by atoms with E-state index in [1.54, 1.807) is 0 Å². The van der Waals surface area contributed by atoms with Gasteiger partial charge in [0.15, 0.2) is 0 Å². The molecule has 0 amide bonds. The quantitative estimate of drug-likeness (QED) is 0.734. The normalized spacial score (nSPS) is 15.1. The van der Waals surface area contributed by atoms with E-state index in [0.717, 1.165) is 33.3 Å². The van der Waals surface area contributed by atoms with E-state index in [1.807, 2.05) is 41.5 Å². The SMILES string of the molecule is CC.CC.CC1=c2nc3c(nc2C(=O)S1)=C(C)SC3=O. The fourth-order valence-electron chi connectivity index (χ4n) is 1.68. The van der Waals surface area contributed by atoms with Gasteiger partial charge in [-0.1, -0.05) is 27.7 Å². The van der Waals surface area contributed by atoms with Crippen LogP contribution in [0, 0.1) is 0 Å². The molecule has 20 heavy (non-hydrogen) atoms. The number of aromatic nitrogens is 2. The molecule has 0 atom stereocenters. The number of carbonyl (C=O) groups is 2. The number of hydrogen-bond donors (Lipinski definition) is 0. The minimum Gasteiger partial charge on any atom is -0.279 e. The maximum Gasteiger partial charge on any atom is 0.244 e. The van der Waals surface area contributed by atoms with Crippen molar-refractivity contribution in [3.05, 3.63) is 22.1 Å². The number of hydrogen-bond acceptors (Lipinski definition) is 6. The van der Waals surface area contributed by atoms with Crippen molar-refractivity contribution in [1.82, 2.24) is 9.97 Å². The van der Waals surface area contributed by atoms with Crippen molar-refractivity contribution in [2.24, 2.45) is 0 Å². The van der Waals surface area contributed by atoms with E-state index < -0.39 is 0 Å². The first-order chi connectivity index (χ1) is 9.58. The summed E-state index contributed by atoms with van der Waals surface area (Å²) < 4.78 is 0. The van der Waals surface area contributed by atoms with Gasteiger partial charge >= 0.3 is 0 Å². The highest BCUT2D eigenvalue weighted by Crippen LogP contribution is 2.26. The Balaban J connectivity index is 0.000000461. The van der Waals surface area contributed by atoms with E-state index >= 15 is 0 Å². The van der Waals surface area contributed by atoms with Crippen LogP contribution in [0.4, 0.5) is 0 Å². The van der Waals surface area contributed by atoms with Gasteiger partial charge < -0.3 is 0 Å². The zero-order valence-electron chi connectivity index (χ0n) is 12.5. The lowest BCUT2D eigenvalue weighted by Crippen LogP contribution is -2.28. The average molecular weight is 310 g/mol. The van der Waals surface area contributed by atoms with Crippen LogP contribution in [-0.4, -0.2) is 20.2 Å². The molecule has 0 aromatic carbocycles. The Hall–Kier alpha value is -1.14. The van der Waals surface area contributed by atoms with Gasteiger partial charge in [0.1, 0.15) is 22.1 Å². The summed E-state index contributed by atoms with van der Waals surface area (Å²) in [6.45, 7) is 11.6. The van der Waals surface area contributed by atoms with E-state index in [9.17, 15) is 9.59 Å². The molecule has 2 aliphatic rings. The maximum atomic E-state index is 11.6. The maximum absolute atomic E-state index is 11.6. The minimum absolute atomic E-state index is 0.0834. The summed E-state index contributed by atoms with van der Waals surface area (Å²) in [4.78, 5) is 33.4. The smallest absolute Gasteiger partial charge is 0.244 e. The summed E-state index contributed by atoms with van der Waals surface area (Å²) in [5, 5.41) is 0.967. The van der Waals surface area contributed by atoms with Crippen LogP contribution in [0.25, 0.3) is 9.81 Å². The Morgan fingerprint density at radius 2 is 1.00 bits per heavy atom. The molecule has 0 saturated heterocycles. The molecular weight excluding hydrogens is 292 g/mol. The second-order valence-electron chi connectivity index (χ2n) is 3.51. The molecule has 0 bridgehead atoms. The zero-order valence-corrected chi connectivity index (χ0v) is 14.2. The van der Waals surface area contributed by atoms with Crippen molar-refractivity contribution < 1.29 is 9.59 Å².